The standard InChI is InChI=1S/C10H18N2O3S/c1-10(2,3)15-9(14)12-5-6(16)4-7(12)8(11)13/h6-7,16H,4-5H2,1-3H3,(H2,11,13). The first kappa shape index (κ1) is 13.2. The summed E-state index contributed by atoms with van der Waals surface area (Å²) in [6.07, 6.45) is -0.0228. The van der Waals surface area contributed by atoms with Crippen molar-refractivity contribution in [3.8, 4) is 0 Å². The topological polar surface area (TPSA) is 72.6 Å². The first-order valence-corrected chi connectivity index (χ1v) is 5.69. The highest BCUT2D eigenvalue weighted by molar-refractivity contribution is 7.81. The Morgan fingerprint density at radius 2 is 2.00 bits per heavy atom. The van der Waals surface area contributed by atoms with Crippen molar-refractivity contribution in [1.29, 1.82) is 0 Å². The van der Waals surface area contributed by atoms with Crippen molar-refractivity contribution >= 4 is 24.6 Å². The summed E-state index contributed by atoms with van der Waals surface area (Å²) in [4.78, 5) is 24.3. The monoisotopic (exact) mass is 246 g/mol. The van der Waals surface area contributed by atoms with E-state index >= 15 is 0 Å². The van der Waals surface area contributed by atoms with E-state index < -0.39 is 23.6 Å². The first-order chi connectivity index (χ1) is 7.20. The number of carbonyl (C=O) groups excluding carboxylic acids is 2. The predicted molar refractivity (Wildman–Crippen MR) is 63.3 cm³/mol. The lowest BCUT2D eigenvalue weighted by Crippen LogP contribution is -2.45. The van der Waals surface area contributed by atoms with Gasteiger partial charge in [-0.25, -0.2) is 4.79 Å². The zero-order chi connectivity index (χ0) is 12.5. The van der Waals surface area contributed by atoms with Crippen molar-refractivity contribution in [2.24, 2.45) is 5.73 Å². The Bertz CT molecular complexity index is 301. The molecule has 0 radical (unpaired) electrons. The maximum absolute atomic E-state index is 11.8. The molecule has 2 unspecified atom stereocenters. The molecule has 0 aliphatic carbocycles. The van der Waals surface area contributed by atoms with Crippen LogP contribution in [0, 0.1) is 0 Å². The summed E-state index contributed by atoms with van der Waals surface area (Å²) in [7, 11) is 0. The molecule has 1 aliphatic rings. The Morgan fingerprint density at radius 1 is 1.44 bits per heavy atom. The van der Waals surface area contributed by atoms with Crippen LogP contribution in [-0.2, 0) is 9.53 Å². The zero-order valence-corrected chi connectivity index (χ0v) is 10.7. The molecule has 92 valence electrons. The van der Waals surface area contributed by atoms with Gasteiger partial charge in [-0.2, -0.15) is 12.6 Å². The number of hydrogen-bond donors (Lipinski definition) is 2. The Hall–Kier alpha value is -0.910. The molecule has 1 aliphatic heterocycles. The molecule has 0 aromatic rings. The molecule has 2 amide bonds. The molecule has 16 heavy (non-hydrogen) atoms. The van der Waals surface area contributed by atoms with Crippen LogP contribution in [0.3, 0.4) is 0 Å². The zero-order valence-electron chi connectivity index (χ0n) is 9.77. The largest absolute Gasteiger partial charge is 0.444 e. The van der Waals surface area contributed by atoms with Crippen molar-refractivity contribution in [1.82, 2.24) is 4.90 Å². The number of carbonyl (C=O) groups is 2. The highest BCUT2D eigenvalue weighted by Gasteiger charge is 2.39. The average Bonchev–Trinajstić information content (AvgIpc) is 2.44. The van der Waals surface area contributed by atoms with Gasteiger partial charge in [-0.1, -0.05) is 0 Å². The number of hydrogen-bond acceptors (Lipinski definition) is 4. The average molecular weight is 246 g/mol. The number of nitrogens with two attached hydrogens (primary N) is 1. The van der Waals surface area contributed by atoms with Gasteiger partial charge in [0.1, 0.15) is 11.6 Å². The lowest BCUT2D eigenvalue weighted by molar-refractivity contribution is -0.122. The van der Waals surface area contributed by atoms with Gasteiger partial charge < -0.3 is 10.5 Å². The van der Waals surface area contributed by atoms with Crippen LogP contribution in [-0.4, -0.2) is 40.3 Å². The second kappa shape index (κ2) is 4.53. The normalized spacial score (nSPS) is 25.6. The minimum absolute atomic E-state index is 0.0231. The number of likely N-dealkylation sites (tertiary alicyclic amines) is 1. The van der Waals surface area contributed by atoms with Gasteiger partial charge in [0.25, 0.3) is 0 Å². The molecule has 0 aromatic carbocycles. The fourth-order valence-corrected chi connectivity index (χ4v) is 1.98. The van der Waals surface area contributed by atoms with Crippen molar-refractivity contribution in [3.05, 3.63) is 0 Å². The summed E-state index contributed by atoms with van der Waals surface area (Å²) in [5.41, 5.74) is 4.65. The molecule has 1 saturated heterocycles. The van der Waals surface area contributed by atoms with Crippen LogP contribution in [0.5, 0.6) is 0 Å². The Kier molecular flexibility index (Phi) is 3.72. The molecule has 2 atom stereocenters. The van der Waals surface area contributed by atoms with E-state index in [-0.39, 0.29) is 5.25 Å². The molecular formula is C10H18N2O3S. The number of ether oxygens (including phenoxy) is 1. The van der Waals surface area contributed by atoms with Crippen LogP contribution in [0.25, 0.3) is 0 Å². The molecule has 0 saturated carbocycles. The van der Waals surface area contributed by atoms with Gasteiger partial charge in [-0.15, -0.1) is 0 Å². The predicted octanol–water partition coefficient (Wildman–Crippen LogP) is 0.780. The van der Waals surface area contributed by atoms with Gasteiger partial charge in [0, 0.05) is 11.8 Å². The van der Waals surface area contributed by atoms with Crippen molar-refractivity contribution in [2.75, 3.05) is 6.54 Å². The fraction of sp³-hybridized carbons (Fsp3) is 0.800. The van der Waals surface area contributed by atoms with Gasteiger partial charge in [0.05, 0.1) is 0 Å². The van der Waals surface area contributed by atoms with Crippen LogP contribution in [0.1, 0.15) is 27.2 Å². The second-order valence-electron chi connectivity index (χ2n) is 4.94. The molecule has 0 aromatic heterocycles. The summed E-state index contributed by atoms with van der Waals surface area (Å²) in [6.45, 7) is 5.72. The number of primary amides is 1. The summed E-state index contributed by atoms with van der Waals surface area (Å²) in [5, 5.41) is -0.0231. The molecule has 6 heteroatoms. The highest BCUT2D eigenvalue weighted by Crippen LogP contribution is 2.23. The SMILES string of the molecule is CC(C)(C)OC(=O)N1CC(S)CC1C(N)=O. The van der Waals surface area contributed by atoms with E-state index in [4.69, 9.17) is 10.5 Å². The molecule has 2 N–H and O–H groups in total. The summed E-state index contributed by atoms with van der Waals surface area (Å²) < 4.78 is 5.20. The Balaban J connectivity index is 2.71. The van der Waals surface area contributed by atoms with Gasteiger partial charge >= 0.3 is 6.09 Å². The summed E-state index contributed by atoms with van der Waals surface area (Å²) in [6, 6.07) is -0.600. The van der Waals surface area contributed by atoms with E-state index in [1.54, 1.807) is 20.8 Å². The maximum Gasteiger partial charge on any atom is 0.411 e. The summed E-state index contributed by atoms with van der Waals surface area (Å²) >= 11 is 4.25. The highest BCUT2D eigenvalue weighted by atomic mass is 32.1. The van der Waals surface area contributed by atoms with Crippen LogP contribution < -0.4 is 5.73 Å². The smallest absolute Gasteiger partial charge is 0.411 e. The minimum atomic E-state index is -0.600. The number of nitrogens with zero attached hydrogens (tertiary/aromatic N) is 1. The van der Waals surface area contributed by atoms with Crippen LogP contribution in [0.4, 0.5) is 4.79 Å². The van der Waals surface area contributed by atoms with Gasteiger partial charge in [-0.05, 0) is 27.2 Å². The van der Waals surface area contributed by atoms with Crippen molar-refractivity contribution < 1.29 is 14.3 Å². The molecule has 1 fully saturated rings. The lowest BCUT2D eigenvalue weighted by atomic mass is 10.2. The molecule has 0 spiro atoms. The molecule has 0 bridgehead atoms. The van der Waals surface area contributed by atoms with Gasteiger partial charge in [0.2, 0.25) is 5.91 Å². The van der Waals surface area contributed by atoms with E-state index in [2.05, 4.69) is 12.6 Å². The number of amides is 2. The van der Waals surface area contributed by atoms with E-state index in [1.165, 1.54) is 4.90 Å². The van der Waals surface area contributed by atoms with Crippen LogP contribution >= 0.6 is 12.6 Å². The van der Waals surface area contributed by atoms with E-state index in [0.29, 0.717) is 13.0 Å². The summed E-state index contributed by atoms with van der Waals surface area (Å²) in [5.74, 6) is -0.512. The Morgan fingerprint density at radius 3 is 2.44 bits per heavy atom. The Labute approximate surface area is 101 Å². The first-order valence-electron chi connectivity index (χ1n) is 5.17. The van der Waals surface area contributed by atoms with Crippen molar-refractivity contribution in [2.45, 2.75) is 44.1 Å². The van der Waals surface area contributed by atoms with E-state index in [1.807, 2.05) is 0 Å². The minimum Gasteiger partial charge on any atom is -0.444 e. The molecule has 5 nitrogen and oxygen atoms in total. The van der Waals surface area contributed by atoms with E-state index in [0.717, 1.165) is 0 Å². The van der Waals surface area contributed by atoms with Gasteiger partial charge in [0.15, 0.2) is 0 Å². The van der Waals surface area contributed by atoms with Crippen LogP contribution in [0.15, 0.2) is 0 Å². The van der Waals surface area contributed by atoms with Crippen molar-refractivity contribution in [3.63, 3.8) is 0 Å². The second-order valence-corrected chi connectivity index (χ2v) is 5.67. The fourth-order valence-electron chi connectivity index (χ4n) is 1.61. The van der Waals surface area contributed by atoms with E-state index in [9.17, 15) is 9.59 Å². The molecular weight excluding hydrogens is 228 g/mol. The lowest BCUT2D eigenvalue weighted by Gasteiger charge is -2.27. The molecule has 1 heterocycles. The quantitative estimate of drug-likeness (QED) is 0.672. The third-order valence-corrected chi connectivity index (χ3v) is 2.61. The third-order valence-electron chi connectivity index (χ3n) is 2.24. The van der Waals surface area contributed by atoms with Gasteiger partial charge in [-0.3, -0.25) is 9.69 Å². The van der Waals surface area contributed by atoms with Crippen LogP contribution in [0.2, 0.25) is 0 Å². The maximum atomic E-state index is 11.8. The molecule has 1 rings (SSSR count). The third kappa shape index (κ3) is 3.30. The number of thiol groups is 1. The number of rotatable bonds is 1.